The third-order valence-electron chi connectivity index (χ3n) is 5.04. The molecule has 0 unspecified atom stereocenters. The monoisotopic (exact) mass is 371 g/mol. The van der Waals surface area contributed by atoms with Gasteiger partial charge in [0.1, 0.15) is 6.29 Å². The Bertz CT molecular complexity index is 701. The fraction of sp³-hybridized carbons (Fsp3) is 0.429. The van der Waals surface area contributed by atoms with Crippen LogP contribution in [0.4, 0.5) is 0 Å². The Kier molecular flexibility index (Phi) is 6.58. The molecule has 0 saturated carbocycles. The summed E-state index contributed by atoms with van der Waals surface area (Å²) < 4.78 is 5.12. The summed E-state index contributed by atoms with van der Waals surface area (Å²) in [7, 11) is 0. The Balaban J connectivity index is 1.83. The molecule has 1 aliphatic heterocycles. The molecule has 1 fully saturated rings. The molecule has 0 radical (unpaired) electrons. The average molecular weight is 372 g/mol. The summed E-state index contributed by atoms with van der Waals surface area (Å²) in [6.45, 7) is 3.86. The molecule has 26 heavy (non-hydrogen) atoms. The third kappa shape index (κ3) is 4.40. The largest absolute Gasteiger partial charge is 0.466 e. The van der Waals surface area contributed by atoms with Gasteiger partial charge in [0, 0.05) is 23.8 Å². The fourth-order valence-corrected chi connectivity index (χ4v) is 4.76. The molecule has 2 heterocycles. The number of thiophene rings is 1. The first kappa shape index (κ1) is 18.8. The molecule has 0 amide bonds. The first-order valence-corrected chi connectivity index (χ1v) is 10.0. The van der Waals surface area contributed by atoms with E-state index in [0.29, 0.717) is 13.0 Å². The number of esters is 1. The summed E-state index contributed by atoms with van der Waals surface area (Å²) in [5.74, 6) is -0.369. The smallest absolute Gasteiger partial charge is 0.306 e. The van der Waals surface area contributed by atoms with Crippen LogP contribution in [0.2, 0.25) is 0 Å². The van der Waals surface area contributed by atoms with Gasteiger partial charge in [0.25, 0.3) is 0 Å². The highest BCUT2D eigenvalue weighted by Gasteiger charge is 2.40. The summed E-state index contributed by atoms with van der Waals surface area (Å²) in [4.78, 5) is 27.6. The van der Waals surface area contributed by atoms with Crippen LogP contribution in [-0.4, -0.2) is 30.3 Å². The Morgan fingerprint density at radius 3 is 2.73 bits per heavy atom. The Labute approximate surface area is 158 Å². The molecular weight excluding hydrogens is 346 g/mol. The molecular formula is C21H25NO3S. The molecule has 1 aromatic heterocycles. The number of nitrogens with zero attached hydrogens (tertiary/aromatic N) is 1. The number of hydrogen-bond acceptors (Lipinski definition) is 5. The minimum Gasteiger partial charge on any atom is -0.466 e. The molecule has 0 bridgehead atoms. The van der Waals surface area contributed by atoms with Crippen molar-refractivity contribution in [3.8, 4) is 0 Å². The van der Waals surface area contributed by atoms with Gasteiger partial charge in [0.05, 0.1) is 12.6 Å². The molecule has 0 N–H and O–H groups in total. The highest BCUT2D eigenvalue weighted by molar-refractivity contribution is 7.10. The zero-order valence-electron chi connectivity index (χ0n) is 15.0. The van der Waals surface area contributed by atoms with Crippen LogP contribution < -0.4 is 0 Å². The number of likely N-dealkylation sites (tertiary alicyclic amines) is 1. The van der Waals surface area contributed by atoms with Crippen LogP contribution in [0, 0.1) is 11.8 Å². The van der Waals surface area contributed by atoms with Gasteiger partial charge in [0.2, 0.25) is 0 Å². The van der Waals surface area contributed by atoms with E-state index in [4.69, 9.17) is 4.74 Å². The van der Waals surface area contributed by atoms with Gasteiger partial charge < -0.3 is 9.53 Å². The second kappa shape index (κ2) is 9.10. The van der Waals surface area contributed by atoms with Gasteiger partial charge in [-0.1, -0.05) is 36.4 Å². The van der Waals surface area contributed by atoms with E-state index in [-0.39, 0.29) is 23.8 Å². The number of hydrogen-bond donors (Lipinski definition) is 0. The molecule has 1 aliphatic rings. The van der Waals surface area contributed by atoms with Crippen molar-refractivity contribution in [1.82, 2.24) is 4.90 Å². The van der Waals surface area contributed by atoms with Crippen molar-refractivity contribution >= 4 is 23.6 Å². The number of rotatable bonds is 7. The van der Waals surface area contributed by atoms with Gasteiger partial charge in [-0.25, -0.2) is 0 Å². The van der Waals surface area contributed by atoms with E-state index in [1.54, 1.807) is 11.3 Å². The Morgan fingerprint density at radius 1 is 1.27 bits per heavy atom. The number of piperidine rings is 1. The lowest BCUT2D eigenvalue weighted by Crippen LogP contribution is -2.44. The van der Waals surface area contributed by atoms with E-state index >= 15 is 0 Å². The lowest BCUT2D eigenvalue weighted by atomic mass is 9.77. The highest BCUT2D eigenvalue weighted by atomic mass is 32.1. The van der Waals surface area contributed by atoms with Crippen molar-refractivity contribution in [2.45, 2.75) is 32.4 Å². The van der Waals surface area contributed by atoms with Gasteiger partial charge in [-0.3, -0.25) is 9.69 Å². The Hall–Kier alpha value is -1.98. The van der Waals surface area contributed by atoms with Gasteiger partial charge in [0.15, 0.2) is 0 Å². The standard InChI is InChI=1S/C21H25NO3S/c1-2-25-20(24)13-17-10-11-22(14-16-7-4-3-5-8-16)21(18(17)15-23)19-9-6-12-26-19/h3-9,12,15,17-18,21H,2,10-11,13-14H2,1H3/t17-,18-,21-/m0/s1. The Morgan fingerprint density at radius 2 is 2.08 bits per heavy atom. The molecule has 3 atom stereocenters. The lowest BCUT2D eigenvalue weighted by Gasteiger charge is -2.43. The molecule has 1 saturated heterocycles. The van der Waals surface area contributed by atoms with Crippen molar-refractivity contribution in [1.29, 1.82) is 0 Å². The van der Waals surface area contributed by atoms with Crippen molar-refractivity contribution in [3.05, 3.63) is 58.3 Å². The normalized spacial score (nSPS) is 23.5. The van der Waals surface area contributed by atoms with Gasteiger partial charge in [-0.15, -0.1) is 11.3 Å². The molecule has 5 heteroatoms. The summed E-state index contributed by atoms with van der Waals surface area (Å²) in [5.41, 5.74) is 1.24. The van der Waals surface area contributed by atoms with Crippen LogP contribution in [0.25, 0.3) is 0 Å². The van der Waals surface area contributed by atoms with Crippen LogP contribution in [0.3, 0.4) is 0 Å². The van der Waals surface area contributed by atoms with Crippen LogP contribution in [-0.2, 0) is 20.9 Å². The molecule has 138 valence electrons. The third-order valence-corrected chi connectivity index (χ3v) is 5.99. The maximum Gasteiger partial charge on any atom is 0.306 e. The molecule has 0 spiro atoms. The zero-order valence-corrected chi connectivity index (χ0v) is 15.9. The maximum absolute atomic E-state index is 12.0. The predicted molar refractivity (Wildman–Crippen MR) is 103 cm³/mol. The van der Waals surface area contributed by atoms with E-state index in [1.165, 1.54) is 10.4 Å². The first-order chi connectivity index (χ1) is 12.7. The van der Waals surface area contributed by atoms with Crippen molar-refractivity contribution < 1.29 is 14.3 Å². The second-order valence-electron chi connectivity index (χ2n) is 6.69. The maximum atomic E-state index is 12.0. The first-order valence-electron chi connectivity index (χ1n) is 9.15. The van der Waals surface area contributed by atoms with Gasteiger partial charge >= 0.3 is 5.97 Å². The van der Waals surface area contributed by atoms with E-state index in [2.05, 4.69) is 23.1 Å². The summed E-state index contributed by atoms with van der Waals surface area (Å²) in [6, 6.07) is 14.5. The van der Waals surface area contributed by atoms with E-state index in [1.807, 2.05) is 36.6 Å². The number of carbonyl (C=O) groups excluding carboxylic acids is 2. The van der Waals surface area contributed by atoms with Crippen LogP contribution in [0.15, 0.2) is 47.8 Å². The SMILES string of the molecule is CCOC(=O)C[C@@H]1CCN(Cc2ccccc2)[C@H](c2cccs2)[C@H]1C=O. The summed E-state index contributed by atoms with van der Waals surface area (Å²) >= 11 is 1.68. The van der Waals surface area contributed by atoms with Crippen molar-refractivity contribution in [3.63, 3.8) is 0 Å². The van der Waals surface area contributed by atoms with Crippen LogP contribution in [0.1, 0.15) is 36.2 Å². The number of carbonyl (C=O) groups is 2. The van der Waals surface area contributed by atoms with Gasteiger partial charge in [-0.05, 0) is 42.8 Å². The highest BCUT2D eigenvalue weighted by Crippen LogP contribution is 2.42. The molecule has 0 aliphatic carbocycles. The summed E-state index contributed by atoms with van der Waals surface area (Å²) in [5, 5.41) is 2.05. The minimum absolute atomic E-state index is 0.0147. The number of aldehydes is 1. The predicted octanol–water partition coefficient (Wildman–Crippen LogP) is 4.08. The molecule has 2 aromatic rings. The fourth-order valence-electron chi connectivity index (χ4n) is 3.85. The van der Waals surface area contributed by atoms with Gasteiger partial charge in [-0.2, -0.15) is 0 Å². The molecule has 1 aromatic carbocycles. The number of benzene rings is 1. The van der Waals surface area contributed by atoms with E-state index in [0.717, 1.165) is 25.8 Å². The molecule has 4 nitrogen and oxygen atoms in total. The van der Waals surface area contributed by atoms with Crippen molar-refractivity contribution in [2.24, 2.45) is 11.8 Å². The average Bonchev–Trinajstić information content (AvgIpc) is 3.18. The van der Waals surface area contributed by atoms with Crippen molar-refractivity contribution in [2.75, 3.05) is 13.2 Å². The molecule has 3 rings (SSSR count). The summed E-state index contributed by atoms with van der Waals surface area (Å²) in [6.07, 6.45) is 2.20. The van der Waals surface area contributed by atoms with E-state index < -0.39 is 0 Å². The van der Waals surface area contributed by atoms with Crippen LogP contribution >= 0.6 is 11.3 Å². The number of ether oxygens (including phenoxy) is 1. The topological polar surface area (TPSA) is 46.6 Å². The lowest BCUT2D eigenvalue weighted by molar-refractivity contribution is -0.146. The minimum atomic E-state index is -0.203. The zero-order chi connectivity index (χ0) is 18.4. The van der Waals surface area contributed by atoms with Crippen LogP contribution in [0.5, 0.6) is 0 Å². The quantitative estimate of drug-likeness (QED) is 0.543. The van der Waals surface area contributed by atoms with E-state index in [9.17, 15) is 9.59 Å². The second-order valence-corrected chi connectivity index (χ2v) is 7.67.